The van der Waals surface area contributed by atoms with Crippen molar-refractivity contribution < 1.29 is 37.9 Å². The fourth-order valence-electron chi connectivity index (χ4n) is 2.52. The third kappa shape index (κ3) is 5.72. The topological polar surface area (TPSA) is 112 Å². The van der Waals surface area contributed by atoms with E-state index in [0.29, 0.717) is 29.2 Å². The van der Waals surface area contributed by atoms with Crippen LogP contribution in [0.2, 0.25) is 0 Å². The van der Waals surface area contributed by atoms with Gasteiger partial charge in [0.05, 0.1) is 21.3 Å². The Morgan fingerprint density at radius 2 is 1.48 bits per heavy atom. The Balaban J connectivity index is 2.13. The molecule has 146 valence electrons. The Morgan fingerprint density at radius 3 is 1.93 bits per heavy atom. The number of ketones is 1. The summed E-state index contributed by atoms with van der Waals surface area (Å²) in [5.74, 6) is 1.13. The van der Waals surface area contributed by atoms with Crippen LogP contribution in [0.5, 0.6) is 23.0 Å². The number of rotatable bonds is 9. The molecular weight excluding hydrogens is 375 g/mol. The van der Waals surface area contributed by atoms with Gasteiger partial charge in [-0.2, -0.15) is 0 Å². The molecule has 0 amide bonds. The van der Waals surface area contributed by atoms with E-state index in [9.17, 15) is 9.36 Å². The first-order valence-electron chi connectivity index (χ1n) is 7.94. The minimum Gasteiger partial charge on any atom is -0.496 e. The average Bonchev–Trinajstić information content (AvgIpc) is 2.64. The van der Waals surface area contributed by atoms with Gasteiger partial charge in [-0.05, 0) is 24.1 Å². The van der Waals surface area contributed by atoms with Gasteiger partial charge in [0.15, 0.2) is 5.78 Å². The van der Waals surface area contributed by atoms with E-state index in [0.717, 1.165) is 5.56 Å². The molecule has 2 N–H and O–H groups in total. The molecule has 0 unspecified atom stereocenters. The molecule has 0 aliphatic heterocycles. The zero-order chi connectivity index (χ0) is 20.0. The quantitative estimate of drug-likeness (QED) is 0.492. The Hall–Kier alpha value is -2.54. The van der Waals surface area contributed by atoms with Crippen LogP contribution in [0.15, 0.2) is 36.4 Å². The Bertz CT molecular complexity index is 816. The summed E-state index contributed by atoms with van der Waals surface area (Å²) in [5.41, 5.74) is 1.15. The lowest BCUT2D eigenvalue weighted by Crippen LogP contribution is -2.07. The summed E-state index contributed by atoms with van der Waals surface area (Å²) in [6.07, 6.45) is 0.616. The van der Waals surface area contributed by atoms with E-state index >= 15 is 0 Å². The second-order valence-electron chi connectivity index (χ2n) is 5.56. The van der Waals surface area contributed by atoms with E-state index in [2.05, 4.69) is 4.52 Å². The number of benzene rings is 2. The summed E-state index contributed by atoms with van der Waals surface area (Å²) in [4.78, 5) is 30.3. The lowest BCUT2D eigenvalue weighted by molar-refractivity contribution is 0.0976. The predicted octanol–water partition coefficient (Wildman–Crippen LogP) is 3.00. The van der Waals surface area contributed by atoms with Crippen molar-refractivity contribution in [2.24, 2.45) is 0 Å². The van der Waals surface area contributed by atoms with Crippen LogP contribution in [-0.2, 0) is 11.0 Å². The minimum absolute atomic E-state index is 0.0527. The Kier molecular flexibility index (Phi) is 6.85. The number of aryl methyl sites for hydroxylation is 1. The number of phosphoric ester groups is 1. The van der Waals surface area contributed by atoms with Gasteiger partial charge in [-0.1, -0.05) is 12.1 Å². The van der Waals surface area contributed by atoms with Gasteiger partial charge in [-0.15, -0.1) is 0 Å². The lowest BCUT2D eigenvalue weighted by Gasteiger charge is -2.14. The van der Waals surface area contributed by atoms with E-state index < -0.39 is 7.82 Å². The normalized spacial score (nSPS) is 11.0. The smallest absolute Gasteiger partial charge is 0.496 e. The zero-order valence-electron chi connectivity index (χ0n) is 15.2. The van der Waals surface area contributed by atoms with Gasteiger partial charge in [0, 0.05) is 18.6 Å². The summed E-state index contributed by atoms with van der Waals surface area (Å²) in [6, 6.07) is 9.39. The summed E-state index contributed by atoms with van der Waals surface area (Å²) in [7, 11) is -0.156. The van der Waals surface area contributed by atoms with Gasteiger partial charge in [0.25, 0.3) is 0 Å². The van der Waals surface area contributed by atoms with Crippen LogP contribution in [0.1, 0.15) is 22.3 Å². The van der Waals surface area contributed by atoms with Crippen LogP contribution in [0, 0.1) is 0 Å². The van der Waals surface area contributed by atoms with Gasteiger partial charge >= 0.3 is 7.82 Å². The maximum atomic E-state index is 12.7. The Morgan fingerprint density at radius 1 is 0.926 bits per heavy atom. The number of carbonyl (C=O) groups excluding carboxylic acids is 1. The summed E-state index contributed by atoms with van der Waals surface area (Å²) in [5, 5.41) is 0. The van der Waals surface area contributed by atoms with Crippen LogP contribution in [0.3, 0.4) is 0 Å². The molecule has 0 saturated carbocycles. The molecule has 0 bridgehead atoms. The first-order chi connectivity index (χ1) is 12.8. The molecule has 0 aliphatic carbocycles. The summed E-state index contributed by atoms with van der Waals surface area (Å²) < 4.78 is 31.1. The van der Waals surface area contributed by atoms with Crippen molar-refractivity contribution in [3.05, 3.63) is 47.5 Å². The maximum Gasteiger partial charge on any atom is 0.524 e. The maximum absolute atomic E-state index is 12.7. The van der Waals surface area contributed by atoms with E-state index in [-0.39, 0.29) is 18.0 Å². The largest absolute Gasteiger partial charge is 0.524 e. The minimum atomic E-state index is -4.59. The van der Waals surface area contributed by atoms with Crippen LogP contribution in [0.25, 0.3) is 0 Å². The van der Waals surface area contributed by atoms with E-state index in [1.165, 1.54) is 33.5 Å². The highest BCUT2D eigenvalue weighted by Crippen LogP contribution is 2.38. The molecule has 0 atom stereocenters. The molecule has 27 heavy (non-hydrogen) atoms. The number of methoxy groups -OCH3 is 3. The van der Waals surface area contributed by atoms with Crippen molar-refractivity contribution in [2.75, 3.05) is 21.3 Å². The van der Waals surface area contributed by atoms with Crippen molar-refractivity contribution in [3.63, 3.8) is 0 Å². The van der Waals surface area contributed by atoms with Crippen LogP contribution >= 0.6 is 7.82 Å². The zero-order valence-corrected chi connectivity index (χ0v) is 16.1. The average molecular weight is 396 g/mol. The number of Topliss-reactive ketones (excluding diaryl/α,β-unsaturated/α-hetero) is 1. The van der Waals surface area contributed by atoms with Crippen molar-refractivity contribution >= 4 is 13.6 Å². The highest BCUT2D eigenvalue weighted by molar-refractivity contribution is 7.46. The molecular formula is C18H21O8P. The third-order valence-electron chi connectivity index (χ3n) is 3.78. The van der Waals surface area contributed by atoms with Crippen LogP contribution < -0.4 is 18.7 Å². The van der Waals surface area contributed by atoms with Gasteiger partial charge in [0.2, 0.25) is 0 Å². The van der Waals surface area contributed by atoms with Crippen LogP contribution in [0.4, 0.5) is 0 Å². The molecule has 2 aromatic rings. The molecule has 0 spiro atoms. The lowest BCUT2D eigenvalue weighted by atomic mass is 10.0. The molecule has 0 heterocycles. The van der Waals surface area contributed by atoms with Gasteiger partial charge in [-0.3, -0.25) is 14.6 Å². The molecule has 0 aromatic heterocycles. The third-order valence-corrected chi connectivity index (χ3v) is 4.23. The molecule has 0 aliphatic rings. The van der Waals surface area contributed by atoms with Gasteiger partial charge < -0.3 is 18.7 Å². The van der Waals surface area contributed by atoms with Crippen molar-refractivity contribution in [1.29, 1.82) is 0 Å². The van der Waals surface area contributed by atoms with Crippen molar-refractivity contribution in [3.8, 4) is 23.0 Å². The molecule has 8 nitrogen and oxygen atoms in total. The van der Waals surface area contributed by atoms with E-state index in [1.807, 2.05) is 0 Å². The van der Waals surface area contributed by atoms with E-state index in [1.54, 1.807) is 24.3 Å². The van der Waals surface area contributed by atoms with Gasteiger partial charge in [0.1, 0.15) is 28.6 Å². The molecule has 0 saturated heterocycles. The van der Waals surface area contributed by atoms with Crippen LogP contribution in [-0.4, -0.2) is 36.9 Å². The van der Waals surface area contributed by atoms with Gasteiger partial charge in [-0.25, -0.2) is 4.57 Å². The number of phosphoric acid groups is 1. The Labute approximate surface area is 156 Å². The number of carbonyl (C=O) groups is 1. The first kappa shape index (κ1) is 20.8. The summed E-state index contributed by atoms with van der Waals surface area (Å²) in [6.45, 7) is 0. The SMILES string of the molecule is COc1cc(OC)c(C(=O)CCc2ccc(OP(=O)(O)O)cc2)c(OC)c1. The number of hydrogen-bond acceptors (Lipinski definition) is 6. The van der Waals surface area contributed by atoms with E-state index in [4.69, 9.17) is 24.0 Å². The monoisotopic (exact) mass is 396 g/mol. The number of ether oxygens (including phenoxy) is 3. The second-order valence-corrected chi connectivity index (χ2v) is 6.72. The molecule has 2 aromatic carbocycles. The second kappa shape index (κ2) is 8.90. The molecule has 0 radical (unpaired) electrons. The summed E-state index contributed by atoms with van der Waals surface area (Å²) >= 11 is 0. The highest BCUT2D eigenvalue weighted by Gasteiger charge is 2.20. The van der Waals surface area contributed by atoms with Crippen molar-refractivity contribution in [2.45, 2.75) is 12.8 Å². The highest BCUT2D eigenvalue weighted by atomic mass is 31.2. The fourth-order valence-corrected chi connectivity index (χ4v) is 2.91. The molecule has 0 fully saturated rings. The molecule has 2 rings (SSSR count). The number of hydrogen-bond donors (Lipinski definition) is 2. The standard InChI is InChI=1S/C18H21O8P/c1-23-14-10-16(24-2)18(17(11-14)25-3)15(19)9-6-12-4-7-13(8-5-12)26-27(20,21)22/h4-5,7-8,10-11H,6,9H2,1-3H3,(H2,20,21,22). The first-order valence-corrected chi connectivity index (χ1v) is 9.47. The molecule has 9 heteroatoms. The predicted molar refractivity (Wildman–Crippen MR) is 97.9 cm³/mol. The fraction of sp³-hybridized carbons (Fsp3) is 0.278. The van der Waals surface area contributed by atoms with Crippen molar-refractivity contribution in [1.82, 2.24) is 0 Å².